The first kappa shape index (κ1) is 23.7. The van der Waals surface area contributed by atoms with E-state index in [0.29, 0.717) is 57.2 Å². The van der Waals surface area contributed by atoms with Crippen LogP contribution in [0.5, 0.6) is 0 Å². The van der Waals surface area contributed by atoms with Gasteiger partial charge in [0, 0.05) is 25.2 Å². The summed E-state index contributed by atoms with van der Waals surface area (Å²) in [6.07, 6.45) is 6.42. The average molecular weight is 456 g/mol. The smallest absolute Gasteiger partial charge is 0.323 e. The van der Waals surface area contributed by atoms with Gasteiger partial charge in [-0.05, 0) is 74.5 Å². The van der Waals surface area contributed by atoms with Gasteiger partial charge >= 0.3 is 6.03 Å². The molecule has 1 aliphatic carbocycles. The van der Waals surface area contributed by atoms with Gasteiger partial charge in [0.2, 0.25) is 5.91 Å². The van der Waals surface area contributed by atoms with E-state index >= 15 is 0 Å². The SMILES string of the molecule is Cc1ccnc(NC(=O)C2CCN(CN3C(=O)NC4(CCC(C(C)(C)C)CC4)C3=O)CC2)c1. The summed E-state index contributed by atoms with van der Waals surface area (Å²) >= 11 is 0. The number of hydrogen-bond acceptors (Lipinski definition) is 5. The number of aryl methyl sites for hydroxylation is 1. The van der Waals surface area contributed by atoms with Crippen LogP contribution in [0.25, 0.3) is 0 Å². The Bertz CT molecular complexity index is 909. The molecule has 3 heterocycles. The number of piperidine rings is 1. The van der Waals surface area contributed by atoms with Crippen LogP contribution in [0.15, 0.2) is 18.3 Å². The van der Waals surface area contributed by atoms with Crippen LogP contribution in [-0.2, 0) is 9.59 Å². The highest BCUT2D eigenvalue weighted by molar-refractivity contribution is 6.07. The summed E-state index contributed by atoms with van der Waals surface area (Å²) in [7, 11) is 0. The van der Waals surface area contributed by atoms with Gasteiger partial charge in [-0.1, -0.05) is 20.8 Å². The Morgan fingerprint density at radius 1 is 1.18 bits per heavy atom. The Morgan fingerprint density at radius 2 is 1.85 bits per heavy atom. The summed E-state index contributed by atoms with van der Waals surface area (Å²) in [6.45, 7) is 10.4. The number of anilines is 1. The third-order valence-electron chi connectivity index (χ3n) is 7.78. The summed E-state index contributed by atoms with van der Waals surface area (Å²) in [6, 6.07) is 3.47. The highest BCUT2D eigenvalue weighted by atomic mass is 16.2. The number of carbonyl (C=O) groups excluding carboxylic acids is 3. The number of carbonyl (C=O) groups is 3. The van der Waals surface area contributed by atoms with Gasteiger partial charge in [-0.3, -0.25) is 14.5 Å². The monoisotopic (exact) mass is 455 g/mol. The van der Waals surface area contributed by atoms with Crippen molar-refractivity contribution in [2.24, 2.45) is 17.3 Å². The molecule has 3 aliphatic rings. The largest absolute Gasteiger partial charge is 0.326 e. The van der Waals surface area contributed by atoms with Gasteiger partial charge in [0.1, 0.15) is 11.4 Å². The van der Waals surface area contributed by atoms with Crippen LogP contribution in [0, 0.1) is 24.2 Å². The number of aromatic nitrogens is 1. The van der Waals surface area contributed by atoms with Crippen molar-refractivity contribution < 1.29 is 14.4 Å². The maximum atomic E-state index is 13.3. The molecule has 8 nitrogen and oxygen atoms in total. The molecule has 1 saturated carbocycles. The lowest BCUT2D eigenvalue weighted by Gasteiger charge is -2.40. The molecule has 3 fully saturated rings. The van der Waals surface area contributed by atoms with Crippen LogP contribution < -0.4 is 10.6 Å². The van der Waals surface area contributed by atoms with Crippen LogP contribution in [0.2, 0.25) is 0 Å². The lowest BCUT2D eigenvalue weighted by molar-refractivity contribution is -0.135. The van der Waals surface area contributed by atoms with Crippen LogP contribution in [0.4, 0.5) is 10.6 Å². The van der Waals surface area contributed by atoms with Gasteiger partial charge in [0.15, 0.2) is 0 Å². The molecule has 180 valence electrons. The molecule has 33 heavy (non-hydrogen) atoms. The number of likely N-dealkylation sites (tertiary alicyclic amines) is 1. The Kier molecular flexibility index (Phi) is 6.49. The number of imide groups is 1. The summed E-state index contributed by atoms with van der Waals surface area (Å²) in [5.74, 6) is 0.962. The summed E-state index contributed by atoms with van der Waals surface area (Å²) in [5.41, 5.74) is 0.546. The number of nitrogens with one attached hydrogen (secondary N) is 2. The average Bonchev–Trinajstić information content (AvgIpc) is 2.98. The van der Waals surface area contributed by atoms with Crippen LogP contribution >= 0.6 is 0 Å². The van der Waals surface area contributed by atoms with Crippen molar-refractivity contribution in [1.29, 1.82) is 0 Å². The fourth-order valence-corrected chi connectivity index (χ4v) is 5.49. The zero-order valence-corrected chi connectivity index (χ0v) is 20.3. The first-order valence-electron chi connectivity index (χ1n) is 12.2. The molecular weight excluding hydrogens is 418 g/mol. The second-order valence-corrected chi connectivity index (χ2v) is 11.1. The molecular formula is C25H37N5O3. The number of rotatable bonds is 4. The Hall–Kier alpha value is -2.48. The third-order valence-corrected chi connectivity index (χ3v) is 7.78. The molecule has 0 bridgehead atoms. The van der Waals surface area contributed by atoms with Crippen molar-refractivity contribution >= 4 is 23.7 Å². The van der Waals surface area contributed by atoms with Crippen molar-refractivity contribution in [2.45, 2.75) is 71.8 Å². The molecule has 1 aromatic rings. The summed E-state index contributed by atoms with van der Waals surface area (Å²) < 4.78 is 0. The van der Waals surface area contributed by atoms with Crippen molar-refractivity contribution in [3.8, 4) is 0 Å². The lowest BCUT2D eigenvalue weighted by Crippen LogP contribution is -2.51. The summed E-state index contributed by atoms with van der Waals surface area (Å²) in [5, 5.41) is 5.94. The molecule has 0 unspecified atom stereocenters. The predicted molar refractivity (Wildman–Crippen MR) is 126 cm³/mol. The zero-order chi connectivity index (χ0) is 23.8. The molecule has 0 atom stereocenters. The van der Waals surface area contributed by atoms with Gasteiger partial charge in [-0.25, -0.2) is 14.7 Å². The van der Waals surface area contributed by atoms with E-state index in [1.165, 1.54) is 4.90 Å². The minimum absolute atomic E-state index is 0.0164. The predicted octanol–water partition coefficient (Wildman–Crippen LogP) is 3.52. The number of hydrogen-bond donors (Lipinski definition) is 2. The van der Waals surface area contributed by atoms with E-state index in [9.17, 15) is 14.4 Å². The Morgan fingerprint density at radius 3 is 2.45 bits per heavy atom. The zero-order valence-electron chi connectivity index (χ0n) is 20.3. The molecule has 2 saturated heterocycles. The minimum atomic E-state index is -0.724. The van der Waals surface area contributed by atoms with Crippen molar-refractivity contribution in [3.05, 3.63) is 23.9 Å². The molecule has 4 amide bonds. The molecule has 4 rings (SSSR count). The van der Waals surface area contributed by atoms with Crippen molar-refractivity contribution in [1.82, 2.24) is 20.1 Å². The maximum absolute atomic E-state index is 13.3. The first-order valence-corrected chi connectivity index (χ1v) is 12.2. The molecule has 1 aromatic heterocycles. The lowest BCUT2D eigenvalue weighted by atomic mass is 9.67. The van der Waals surface area contributed by atoms with Crippen molar-refractivity contribution in [2.75, 3.05) is 25.1 Å². The molecule has 1 spiro atoms. The highest BCUT2D eigenvalue weighted by Gasteiger charge is 2.53. The van der Waals surface area contributed by atoms with Crippen LogP contribution in [-0.4, -0.2) is 57.9 Å². The van der Waals surface area contributed by atoms with Gasteiger partial charge < -0.3 is 10.6 Å². The van der Waals surface area contributed by atoms with Crippen LogP contribution in [0.1, 0.15) is 64.9 Å². The number of pyridine rings is 1. The van der Waals surface area contributed by atoms with Gasteiger partial charge in [-0.2, -0.15) is 0 Å². The second kappa shape index (κ2) is 9.05. The second-order valence-electron chi connectivity index (χ2n) is 11.1. The van der Waals surface area contributed by atoms with Crippen molar-refractivity contribution in [3.63, 3.8) is 0 Å². The fraction of sp³-hybridized carbons (Fsp3) is 0.680. The van der Waals surface area contributed by atoms with E-state index in [2.05, 4.69) is 41.3 Å². The van der Waals surface area contributed by atoms with Gasteiger partial charge in [0.25, 0.3) is 5.91 Å². The van der Waals surface area contributed by atoms with E-state index in [4.69, 9.17) is 0 Å². The molecule has 0 aromatic carbocycles. The van der Waals surface area contributed by atoms with Gasteiger partial charge in [-0.15, -0.1) is 0 Å². The molecule has 2 N–H and O–H groups in total. The maximum Gasteiger partial charge on any atom is 0.326 e. The number of nitrogens with zero attached hydrogens (tertiary/aromatic N) is 3. The standard InChI is InChI=1S/C25H37N5O3/c1-17-7-12-26-20(15-17)27-21(31)18-8-13-29(14-9-18)16-30-22(32)25(28-23(30)33)10-5-19(6-11-25)24(2,3)4/h7,12,15,18-19H,5-6,8-11,13-14,16H2,1-4H3,(H,28,33)(H,26,27,31). The Balaban J connectivity index is 1.28. The van der Waals surface area contributed by atoms with E-state index in [-0.39, 0.29) is 29.2 Å². The normalized spacial score (nSPS) is 27.2. The number of urea groups is 1. The van der Waals surface area contributed by atoms with E-state index in [1.54, 1.807) is 6.20 Å². The third kappa shape index (κ3) is 5.05. The van der Waals surface area contributed by atoms with Gasteiger partial charge in [0.05, 0.1) is 6.67 Å². The van der Waals surface area contributed by atoms with E-state index < -0.39 is 5.54 Å². The molecule has 0 radical (unpaired) electrons. The Labute approximate surface area is 196 Å². The van der Waals surface area contributed by atoms with E-state index in [1.807, 2.05) is 19.1 Å². The molecule has 8 heteroatoms. The quantitative estimate of drug-likeness (QED) is 0.678. The van der Waals surface area contributed by atoms with E-state index in [0.717, 1.165) is 18.4 Å². The fourth-order valence-electron chi connectivity index (χ4n) is 5.49. The first-order chi connectivity index (χ1) is 15.6. The molecule has 2 aliphatic heterocycles. The highest BCUT2D eigenvalue weighted by Crippen LogP contribution is 2.43. The topological polar surface area (TPSA) is 94.6 Å². The number of amides is 4. The summed E-state index contributed by atoms with van der Waals surface area (Å²) in [4.78, 5) is 46.3. The van der Waals surface area contributed by atoms with Crippen LogP contribution in [0.3, 0.4) is 0 Å². The minimum Gasteiger partial charge on any atom is -0.323 e.